The maximum absolute atomic E-state index is 11.9. The second-order valence-corrected chi connectivity index (χ2v) is 5.42. The van der Waals surface area contributed by atoms with E-state index in [1.165, 1.54) is 0 Å². The Morgan fingerprint density at radius 2 is 2.00 bits per heavy atom. The summed E-state index contributed by atoms with van der Waals surface area (Å²) in [6, 6.07) is 8.28. The standard InChI is InChI=1S/C15H16N4O6/c16-10-6-17-19(15(23)18-10)13-12(21)11(20)9(25-13)7-24-14(22)8-4-2-1-3-5-8/h1-6,9,11-13,20-21H,7H2,(H2,16,18,23)/t9-,11+,12-,13+/m0/s1. The molecule has 1 aromatic heterocycles. The van der Waals surface area contributed by atoms with Crippen molar-refractivity contribution in [2.24, 2.45) is 0 Å². The van der Waals surface area contributed by atoms with Crippen LogP contribution in [0.4, 0.5) is 5.82 Å². The van der Waals surface area contributed by atoms with Crippen LogP contribution in [-0.2, 0) is 9.47 Å². The molecule has 1 aliphatic heterocycles. The second-order valence-electron chi connectivity index (χ2n) is 5.42. The van der Waals surface area contributed by atoms with E-state index in [4.69, 9.17) is 15.2 Å². The lowest BCUT2D eigenvalue weighted by molar-refractivity contribution is -0.0657. The number of nitrogens with two attached hydrogens (primary N) is 1. The fraction of sp³-hybridized carbons (Fsp3) is 0.333. The molecule has 0 spiro atoms. The van der Waals surface area contributed by atoms with Gasteiger partial charge < -0.3 is 25.4 Å². The third-order valence-electron chi connectivity index (χ3n) is 3.70. The summed E-state index contributed by atoms with van der Waals surface area (Å²) >= 11 is 0. The van der Waals surface area contributed by atoms with Crippen LogP contribution in [-0.4, -0.2) is 55.9 Å². The zero-order valence-electron chi connectivity index (χ0n) is 12.9. The molecule has 2 heterocycles. The van der Waals surface area contributed by atoms with Crippen LogP contribution < -0.4 is 11.4 Å². The molecule has 1 saturated heterocycles. The lowest BCUT2D eigenvalue weighted by Gasteiger charge is -2.15. The Balaban J connectivity index is 1.68. The molecule has 0 bridgehead atoms. The summed E-state index contributed by atoms with van der Waals surface area (Å²) in [6.07, 6.45) is -4.00. The van der Waals surface area contributed by atoms with Crippen LogP contribution >= 0.6 is 0 Å². The molecule has 2 aromatic rings. The van der Waals surface area contributed by atoms with Gasteiger partial charge in [0.25, 0.3) is 0 Å². The maximum atomic E-state index is 11.9. The van der Waals surface area contributed by atoms with Gasteiger partial charge in [0, 0.05) is 0 Å². The van der Waals surface area contributed by atoms with E-state index in [0.717, 1.165) is 10.9 Å². The number of hydrogen-bond donors (Lipinski definition) is 3. The smallest absolute Gasteiger partial charge is 0.368 e. The number of ether oxygens (including phenoxy) is 2. The van der Waals surface area contributed by atoms with Gasteiger partial charge in [-0.25, -0.2) is 9.59 Å². The van der Waals surface area contributed by atoms with E-state index in [-0.39, 0.29) is 12.4 Å². The van der Waals surface area contributed by atoms with Gasteiger partial charge in [-0.2, -0.15) is 14.8 Å². The molecular weight excluding hydrogens is 332 g/mol. The molecule has 1 aliphatic rings. The molecule has 3 rings (SSSR count). The highest BCUT2D eigenvalue weighted by molar-refractivity contribution is 5.89. The van der Waals surface area contributed by atoms with Crippen molar-refractivity contribution < 1.29 is 24.5 Å². The Bertz CT molecular complexity index is 811. The monoisotopic (exact) mass is 348 g/mol. The van der Waals surface area contributed by atoms with Gasteiger partial charge in [-0.3, -0.25) is 0 Å². The van der Waals surface area contributed by atoms with Crippen molar-refractivity contribution in [1.82, 2.24) is 14.8 Å². The molecule has 10 nitrogen and oxygen atoms in total. The van der Waals surface area contributed by atoms with Crippen molar-refractivity contribution in [3.8, 4) is 0 Å². The molecule has 4 atom stereocenters. The summed E-state index contributed by atoms with van der Waals surface area (Å²) in [4.78, 5) is 27.2. The molecule has 10 heteroatoms. The number of nitrogen functional groups attached to an aromatic ring is 1. The van der Waals surface area contributed by atoms with Crippen LogP contribution in [0.15, 0.2) is 41.3 Å². The number of hydrogen-bond acceptors (Lipinski definition) is 9. The van der Waals surface area contributed by atoms with Gasteiger partial charge in [0.15, 0.2) is 6.23 Å². The van der Waals surface area contributed by atoms with E-state index in [1.54, 1.807) is 30.3 Å². The Labute approximate surface area is 141 Å². The van der Waals surface area contributed by atoms with Gasteiger partial charge >= 0.3 is 11.7 Å². The molecular formula is C15H16N4O6. The minimum absolute atomic E-state index is 0.0809. The number of carbonyl (C=O) groups is 1. The number of aliphatic hydroxyl groups is 2. The van der Waals surface area contributed by atoms with E-state index in [2.05, 4.69) is 10.1 Å². The van der Waals surface area contributed by atoms with Crippen molar-refractivity contribution >= 4 is 11.8 Å². The van der Waals surface area contributed by atoms with E-state index >= 15 is 0 Å². The Hall–Kier alpha value is -2.82. The van der Waals surface area contributed by atoms with E-state index in [1.807, 2.05) is 0 Å². The van der Waals surface area contributed by atoms with Crippen LogP contribution in [0.1, 0.15) is 16.6 Å². The van der Waals surface area contributed by atoms with E-state index in [0.29, 0.717) is 5.56 Å². The Morgan fingerprint density at radius 3 is 2.68 bits per heavy atom. The lowest BCUT2D eigenvalue weighted by atomic mass is 10.1. The third-order valence-corrected chi connectivity index (χ3v) is 3.70. The first-order chi connectivity index (χ1) is 12.0. The number of benzene rings is 1. The molecule has 4 N–H and O–H groups in total. The Morgan fingerprint density at radius 1 is 1.28 bits per heavy atom. The first-order valence-corrected chi connectivity index (χ1v) is 7.42. The molecule has 1 aromatic carbocycles. The minimum atomic E-state index is -1.45. The van der Waals surface area contributed by atoms with Crippen molar-refractivity contribution in [3.63, 3.8) is 0 Å². The molecule has 0 unspecified atom stereocenters. The first kappa shape index (κ1) is 17.0. The van der Waals surface area contributed by atoms with Crippen LogP contribution in [0.2, 0.25) is 0 Å². The van der Waals surface area contributed by atoms with E-state index in [9.17, 15) is 19.8 Å². The number of esters is 1. The SMILES string of the molecule is Nc1cnn([C@@H]2O[C@@H](COC(=O)c3ccccc3)[C@@H](O)[C@@H]2O)c(=O)n1. The highest BCUT2D eigenvalue weighted by atomic mass is 16.6. The van der Waals surface area contributed by atoms with Gasteiger partial charge in [-0.15, -0.1) is 0 Å². The summed E-state index contributed by atoms with van der Waals surface area (Å²) in [7, 11) is 0. The van der Waals surface area contributed by atoms with E-state index < -0.39 is 36.2 Å². The zero-order chi connectivity index (χ0) is 18.0. The van der Waals surface area contributed by atoms with Crippen LogP contribution in [0.5, 0.6) is 0 Å². The average Bonchev–Trinajstić information content (AvgIpc) is 2.89. The first-order valence-electron chi connectivity index (χ1n) is 7.42. The number of rotatable bonds is 4. The van der Waals surface area contributed by atoms with Gasteiger partial charge in [0.05, 0.1) is 11.8 Å². The molecule has 0 aliphatic carbocycles. The fourth-order valence-corrected chi connectivity index (χ4v) is 2.42. The van der Waals surface area contributed by atoms with Crippen molar-refractivity contribution in [2.75, 3.05) is 12.3 Å². The number of carbonyl (C=O) groups excluding carboxylic acids is 1. The minimum Gasteiger partial charge on any atom is -0.459 e. The molecule has 132 valence electrons. The predicted octanol–water partition coefficient (Wildman–Crippen LogP) is -1.30. The molecule has 25 heavy (non-hydrogen) atoms. The van der Waals surface area contributed by atoms with Crippen LogP contribution in [0, 0.1) is 0 Å². The number of aromatic nitrogens is 3. The van der Waals surface area contributed by atoms with Gasteiger partial charge in [0.1, 0.15) is 30.7 Å². The second kappa shape index (κ2) is 6.97. The largest absolute Gasteiger partial charge is 0.459 e. The summed E-state index contributed by atoms with van der Waals surface area (Å²) in [5.41, 5.74) is 4.86. The number of anilines is 1. The predicted molar refractivity (Wildman–Crippen MR) is 83.4 cm³/mol. The van der Waals surface area contributed by atoms with Gasteiger partial charge in [-0.05, 0) is 12.1 Å². The average molecular weight is 348 g/mol. The zero-order valence-corrected chi connectivity index (χ0v) is 12.9. The van der Waals surface area contributed by atoms with Crippen molar-refractivity contribution in [1.29, 1.82) is 0 Å². The Kier molecular flexibility index (Phi) is 4.74. The maximum Gasteiger partial charge on any atom is 0.368 e. The summed E-state index contributed by atoms with van der Waals surface area (Å²) < 4.78 is 11.3. The summed E-state index contributed by atoms with van der Waals surface area (Å²) in [6.45, 7) is -0.306. The normalized spacial score (nSPS) is 25.7. The van der Waals surface area contributed by atoms with Crippen molar-refractivity contribution in [3.05, 3.63) is 52.6 Å². The summed E-state index contributed by atoms with van der Waals surface area (Å²) in [5.74, 6) is -0.679. The summed E-state index contributed by atoms with van der Waals surface area (Å²) in [5, 5.41) is 23.9. The topological polar surface area (TPSA) is 150 Å². The van der Waals surface area contributed by atoms with Crippen LogP contribution in [0.25, 0.3) is 0 Å². The molecule has 0 radical (unpaired) electrons. The third kappa shape index (κ3) is 3.50. The number of aliphatic hydroxyl groups excluding tert-OH is 2. The van der Waals surface area contributed by atoms with Gasteiger partial charge in [0.2, 0.25) is 0 Å². The lowest BCUT2D eigenvalue weighted by Crippen LogP contribution is -2.37. The molecule has 0 saturated carbocycles. The van der Waals surface area contributed by atoms with Crippen LogP contribution in [0.3, 0.4) is 0 Å². The van der Waals surface area contributed by atoms with Gasteiger partial charge in [-0.1, -0.05) is 18.2 Å². The number of nitrogens with zero attached hydrogens (tertiary/aromatic N) is 3. The molecule has 1 fully saturated rings. The molecule has 0 amide bonds. The quantitative estimate of drug-likeness (QED) is 0.573. The van der Waals surface area contributed by atoms with Crippen molar-refractivity contribution in [2.45, 2.75) is 24.5 Å². The fourth-order valence-electron chi connectivity index (χ4n) is 2.42. The highest BCUT2D eigenvalue weighted by Crippen LogP contribution is 2.28. The highest BCUT2D eigenvalue weighted by Gasteiger charge is 2.45.